The Morgan fingerprint density at radius 3 is 0.938 bits per heavy atom. The van der Waals surface area contributed by atoms with Crippen LogP contribution in [0.5, 0.6) is 0 Å². The fraction of sp³-hybridized carbons (Fsp3) is 0. The predicted octanol–water partition coefficient (Wildman–Crippen LogP) is 23.3. The molecule has 0 saturated heterocycles. The molecule has 22 aromatic rings. The first-order chi connectivity index (χ1) is 55.0. The van der Waals surface area contributed by atoms with E-state index in [4.69, 9.17) is 0 Å². The van der Waals surface area contributed by atoms with Crippen molar-refractivity contribution < 1.29 is 16.8 Å². The van der Waals surface area contributed by atoms with Gasteiger partial charge < -0.3 is 27.4 Å². The maximum Gasteiger partial charge on any atom is 0.206 e. The second kappa shape index (κ2) is 24.4. The molecule has 12 nitrogen and oxygen atoms in total. The van der Waals surface area contributed by atoms with Crippen LogP contribution in [-0.4, -0.2) is 44.2 Å². The van der Waals surface area contributed by atoms with Crippen molar-refractivity contribution >= 4 is 151 Å². The molecule has 22 rings (SSSR count). The minimum absolute atomic E-state index is 0.111. The largest absolute Gasteiger partial charge is 0.309 e. The first-order valence-electron chi connectivity index (χ1n) is 36.9. The summed E-state index contributed by atoms with van der Waals surface area (Å²) in [6, 6.07) is 122. The summed E-state index contributed by atoms with van der Waals surface area (Å²) in [6.07, 6.45) is 0. The molecule has 0 saturated carbocycles. The number of hydrogen-bond acceptors (Lipinski definition) is 6. The Bertz CT molecular complexity index is 8100. The van der Waals surface area contributed by atoms with Gasteiger partial charge in [0.05, 0.1) is 109 Å². The van der Waals surface area contributed by atoms with Crippen LogP contribution in [0.2, 0.25) is 0 Å². The first kappa shape index (κ1) is 64.4. The third-order valence-corrected chi connectivity index (χ3v) is 26.3. The molecule has 16 aromatic carbocycles. The molecule has 0 spiro atoms. The van der Waals surface area contributed by atoms with E-state index in [1.165, 1.54) is 48.5 Å². The fourth-order valence-corrected chi connectivity index (χ4v) is 20.2. The van der Waals surface area contributed by atoms with Gasteiger partial charge in [-0.1, -0.05) is 164 Å². The molecule has 0 unspecified atom stereocenters. The van der Waals surface area contributed by atoms with Crippen LogP contribution >= 0.6 is 0 Å². The van der Waals surface area contributed by atoms with Crippen LogP contribution < -0.4 is 0 Å². The van der Waals surface area contributed by atoms with Crippen LogP contribution in [0.4, 0.5) is 0 Å². The Hall–Kier alpha value is -14.8. The highest BCUT2D eigenvalue weighted by Crippen LogP contribution is 2.49. The van der Waals surface area contributed by atoms with Crippen LogP contribution in [0, 0.1) is 22.7 Å². The summed E-state index contributed by atoms with van der Waals surface area (Å²) in [5.74, 6) is 0. The SMILES string of the molecule is N#Cc1ccc(S(=O)(=O)c2ccc(-n3c4cc5c6ccccc6n(-c6ccccc6)c5cc4c4ccc5c6ccccc6n(-c6ccc(-c7ccc(-n8c9ccccc9c9c8ccc8c%10ccc%11c%12ccccc%12n(-c%12ccccc%12)c%11c%10n(-c%10ccc(S(=O)(=O)c%11ccc(C#N)cc%11)cc%10)c89)cc7)cc6)c5c43)cc2)cc1. The molecule has 0 radical (unpaired) electrons. The molecule has 0 fully saturated rings. The van der Waals surface area contributed by atoms with Gasteiger partial charge in [0.1, 0.15) is 0 Å². The molecule has 526 valence electrons. The minimum atomic E-state index is -3.96. The first-order valence-corrected chi connectivity index (χ1v) is 39.9. The van der Waals surface area contributed by atoms with E-state index in [0.717, 1.165) is 176 Å². The van der Waals surface area contributed by atoms with Crippen molar-refractivity contribution in [3.8, 4) is 57.4 Å². The lowest BCUT2D eigenvalue weighted by molar-refractivity contribution is 0.594. The zero-order valence-corrected chi connectivity index (χ0v) is 61.1. The van der Waals surface area contributed by atoms with E-state index in [0.29, 0.717) is 11.1 Å². The van der Waals surface area contributed by atoms with E-state index in [1.54, 1.807) is 24.3 Å². The van der Waals surface area contributed by atoms with Crippen molar-refractivity contribution in [2.24, 2.45) is 0 Å². The second-order valence-corrected chi connectivity index (χ2v) is 32.5. The number of nitrogens with zero attached hydrogens (tertiary/aromatic N) is 8. The fourth-order valence-electron chi connectivity index (χ4n) is 17.7. The number of para-hydroxylation sites is 6. The van der Waals surface area contributed by atoms with Crippen LogP contribution in [0.15, 0.2) is 371 Å². The maximum atomic E-state index is 14.4. The van der Waals surface area contributed by atoms with Gasteiger partial charge in [-0.05, 0) is 199 Å². The van der Waals surface area contributed by atoms with Gasteiger partial charge in [0.15, 0.2) is 0 Å². The van der Waals surface area contributed by atoms with E-state index in [-0.39, 0.29) is 19.6 Å². The van der Waals surface area contributed by atoms with Gasteiger partial charge in [0, 0.05) is 98.8 Å². The zero-order valence-electron chi connectivity index (χ0n) is 59.5. The van der Waals surface area contributed by atoms with Gasteiger partial charge in [-0.25, -0.2) is 16.8 Å². The number of rotatable bonds is 11. The number of sulfone groups is 2. The van der Waals surface area contributed by atoms with Crippen LogP contribution in [0.25, 0.3) is 176 Å². The average molecular weight is 1480 g/mol. The summed E-state index contributed by atoms with van der Waals surface area (Å²) < 4.78 is 71.5. The summed E-state index contributed by atoms with van der Waals surface area (Å²) >= 11 is 0. The molecule has 0 atom stereocenters. The highest BCUT2D eigenvalue weighted by Gasteiger charge is 2.29. The van der Waals surface area contributed by atoms with Gasteiger partial charge in [0.2, 0.25) is 19.7 Å². The quantitative estimate of drug-likeness (QED) is 0.126. The Morgan fingerprint density at radius 1 is 0.205 bits per heavy atom. The lowest BCUT2D eigenvalue weighted by atomic mass is 10.0. The number of nitriles is 2. The van der Waals surface area contributed by atoms with Crippen molar-refractivity contribution in [2.75, 3.05) is 0 Å². The molecule has 0 aliphatic heterocycles. The molecule has 14 heteroatoms. The van der Waals surface area contributed by atoms with Crippen molar-refractivity contribution in [1.82, 2.24) is 27.4 Å². The third kappa shape index (κ3) is 9.37. The predicted molar refractivity (Wildman–Crippen MR) is 451 cm³/mol. The summed E-state index contributed by atoms with van der Waals surface area (Å²) in [5.41, 5.74) is 20.6. The number of benzene rings is 16. The van der Waals surface area contributed by atoms with E-state index >= 15 is 0 Å². The highest BCUT2D eigenvalue weighted by atomic mass is 32.2. The molecule has 112 heavy (non-hydrogen) atoms. The highest BCUT2D eigenvalue weighted by molar-refractivity contribution is 7.91. The van der Waals surface area contributed by atoms with E-state index in [1.807, 2.05) is 36.4 Å². The Labute approximate surface area is 640 Å². The standard InChI is InChI=1S/C98H58N8O4S2/c99-59-61-27-43-71(44-28-61)111(107,108)73-47-39-69(40-48-73)105-92-57-84-77-21-9-11-23-86(77)102(65-15-3-1-4-16-65)91(84)58-85(92)82-54-52-78-75-19-8-13-25-88(75)104(95(78)97(82)105)68-37-33-64(34-38-68)63-31-35-67(36-32-63)101-89-26-14-10-22-83(89)93-90(101)56-55-80-81-53-51-79-76-20-7-12-24-87(76)103(66-17-5-2-6-18-66)96(79)98(81)106(94(80)93)70-41-49-74(50-42-70)112(109,110)72-45-29-62(60-100)30-46-72/h1-58H. The van der Waals surface area contributed by atoms with Crippen molar-refractivity contribution in [2.45, 2.75) is 19.6 Å². The molecule has 0 bridgehead atoms. The number of aromatic nitrogens is 6. The topological polar surface area (TPSA) is 145 Å². The van der Waals surface area contributed by atoms with Crippen LogP contribution in [-0.2, 0) is 19.7 Å². The lowest BCUT2D eigenvalue weighted by Gasteiger charge is -2.14. The molecule has 6 heterocycles. The Balaban J connectivity index is 0.702. The summed E-state index contributed by atoms with van der Waals surface area (Å²) in [5, 5.41) is 31.9. The number of fused-ring (bicyclic) bond motifs is 21. The third-order valence-electron chi connectivity index (χ3n) is 22.7. The van der Waals surface area contributed by atoms with Gasteiger partial charge >= 0.3 is 0 Å². The Kier molecular flexibility index (Phi) is 14.0. The molecule has 0 aliphatic rings. The Morgan fingerprint density at radius 2 is 0.482 bits per heavy atom. The molecular weight excluding hydrogens is 1420 g/mol. The van der Waals surface area contributed by atoms with Crippen molar-refractivity contribution in [3.63, 3.8) is 0 Å². The van der Waals surface area contributed by atoms with Crippen LogP contribution in [0.3, 0.4) is 0 Å². The van der Waals surface area contributed by atoms with E-state index in [9.17, 15) is 27.4 Å². The summed E-state index contributed by atoms with van der Waals surface area (Å²) in [4.78, 5) is 0.511. The zero-order chi connectivity index (χ0) is 74.8. The van der Waals surface area contributed by atoms with E-state index < -0.39 is 19.7 Å². The molecule has 0 aliphatic carbocycles. The summed E-state index contributed by atoms with van der Waals surface area (Å²) in [7, 11) is -7.91. The second-order valence-electron chi connectivity index (χ2n) is 28.6. The normalized spacial score (nSPS) is 12.2. The van der Waals surface area contributed by atoms with E-state index in [2.05, 4.69) is 282 Å². The van der Waals surface area contributed by atoms with Gasteiger partial charge in [-0.15, -0.1) is 0 Å². The van der Waals surface area contributed by atoms with Gasteiger partial charge in [-0.2, -0.15) is 10.5 Å². The molecule has 0 amide bonds. The van der Waals surface area contributed by atoms with Crippen molar-refractivity contribution in [3.05, 3.63) is 363 Å². The van der Waals surface area contributed by atoms with Crippen molar-refractivity contribution in [1.29, 1.82) is 10.5 Å². The van der Waals surface area contributed by atoms with Crippen LogP contribution in [0.1, 0.15) is 11.1 Å². The maximum absolute atomic E-state index is 14.4. The molecule has 6 aromatic heterocycles. The van der Waals surface area contributed by atoms with Gasteiger partial charge in [-0.3, -0.25) is 0 Å². The molecule has 0 N–H and O–H groups in total. The average Bonchev–Trinajstić information content (AvgIpc) is 1.53. The summed E-state index contributed by atoms with van der Waals surface area (Å²) in [6.45, 7) is 0. The lowest BCUT2D eigenvalue weighted by Crippen LogP contribution is -2.03. The minimum Gasteiger partial charge on any atom is -0.309 e. The number of hydrogen-bond donors (Lipinski definition) is 0. The molecular formula is C98H58N8O4S2. The van der Waals surface area contributed by atoms with Gasteiger partial charge in [0.25, 0.3) is 0 Å². The smallest absolute Gasteiger partial charge is 0.206 e. The monoisotopic (exact) mass is 1470 g/mol.